The molecule has 0 saturated carbocycles. The molecule has 3 rings (SSSR count). The van der Waals surface area contributed by atoms with Crippen LogP contribution in [0.1, 0.15) is 11.4 Å². The maximum absolute atomic E-state index is 5.58. The lowest BCUT2D eigenvalue weighted by atomic mass is 10.1. The summed E-state index contributed by atoms with van der Waals surface area (Å²) >= 11 is 0. The molecule has 0 spiro atoms. The van der Waals surface area contributed by atoms with Gasteiger partial charge in [0.15, 0.2) is 0 Å². The Morgan fingerprint density at radius 3 is 2.81 bits per heavy atom. The van der Waals surface area contributed by atoms with Crippen molar-refractivity contribution in [2.24, 2.45) is 15.8 Å². The lowest BCUT2D eigenvalue weighted by molar-refractivity contribution is 0.843. The summed E-state index contributed by atoms with van der Waals surface area (Å²) in [5.41, 5.74) is 9.57. The Kier molecular flexibility index (Phi) is 3.02. The van der Waals surface area contributed by atoms with Crippen LogP contribution in [0, 0.1) is 13.8 Å². The van der Waals surface area contributed by atoms with Crippen molar-refractivity contribution in [2.45, 2.75) is 13.8 Å². The highest BCUT2D eigenvalue weighted by atomic mass is 15.4. The van der Waals surface area contributed by atoms with E-state index in [0.717, 1.165) is 22.5 Å². The van der Waals surface area contributed by atoms with Crippen LogP contribution in [-0.2, 0) is 0 Å². The first-order valence-electron chi connectivity index (χ1n) is 6.39. The summed E-state index contributed by atoms with van der Waals surface area (Å²) < 4.78 is 3.62. The summed E-state index contributed by atoms with van der Waals surface area (Å²) in [7, 11) is 0. The minimum Gasteiger partial charge on any atom is -0.367 e. The van der Waals surface area contributed by atoms with Gasteiger partial charge in [-0.1, -0.05) is 0 Å². The summed E-state index contributed by atoms with van der Waals surface area (Å²) in [6, 6.07) is 1.96. The number of aliphatic imine (C=N–C) groups is 1. The Labute approximate surface area is 121 Å². The third kappa shape index (κ3) is 2.18. The molecule has 0 aromatic carbocycles. The number of aromatic nitrogens is 4. The Morgan fingerprint density at radius 2 is 2.05 bits per heavy atom. The summed E-state index contributed by atoms with van der Waals surface area (Å²) in [4.78, 5) is 12.2. The summed E-state index contributed by atoms with van der Waals surface area (Å²) in [6.07, 6.45) is 7.43. The largest absolute Gasteiger partial charge is 0.367 e. The Morgan fingerprint density at radius 1 is 1.29 bits per heavy atom. The van der Waals surface area contributed by atoms with Gasteiger partial charge >= 0.3 is 0 Å². The van der Waals surface area contributed by atoms with Crippen molar-refractivity contribution in [1.29, 1.82) is 0 Å². The first-order chi connectivity index (χ1) is 10.1. The molecule has 0 amide bonds. The zero-order valence-corrected chi connectivity index (χ0v) is 11.9. The lowest BCUT2D eigenvalue weighted by Crippen LogP contribution is -2.10. The van der Waals surface area contributed by atoms with Crippen LogP contribution in [0.15, 0.2) is 40.9 Å². The first kappa shape index (κ1) is 13.0. The normalized spacial score (nSPS) is 12.0. The van der Waals surface area contributed by atoms with Crippen molar-refractivity contribution in [2.75, 3.05) is 0 Å². The number of rotatable bonds is 2. The van der Waals surface area contributed by atoms with Crippen molar-refractivity contribution in [3.63, 3.8) is 0 Å². The van der Waals surface area contributed by atoms with Gasteiger partial charge in [0.1, 0.15) is 0 Å². The van der Waals surface area contributed by atoms with Gasteiger partial charge in [0.25, 0.3) is 0 Å². The van der Waals surface area contributed by atoms with Crippen LogP contribution >= 0.6 is 0 Å². The van der Waals surface area contributed by atoms with E-state index in [4.69, 9.17) is 5.73 Å². The van der Waals surface area contributed by atoms with Crippen LogP contribution in [0.3, 0.4) is 0 Å². The molecule has 0 unspecified atom stereocenters. The number of nitrogens with two attached hydrogens (primary N) is 1. The van der Waals surface area contributed by atoms with Crippen molar-refractivity contribution >= 4 is 18.5 Å². The predicted octanol–water partition coefficient (Wildman–Crippen LogP) is 1.59. The van der Waals surface area contributed by atoms with Gasteiger partial charge in [0.05, 0.1) is 6.20 Å². The quantitative estimate of drug-likeness (QED) is 0.571. The minimum atomic E-state index is 0.124. The highest BCUT2D eigenvalue weighted by molar-refractivity contribution is 5.82. The standard InChI is InChI=1S/C14H15N7/c1-9-6-17-14-18-7-11(8-20(9)14)12-4-5-21(10(12)2)19-13(15)16-3/h4-8H,3H2,1-2H3,(H2,15,19). The second-order valence-corrected chi connectivity index (χ2v) is 4.69. The van der Waals surface area contributed by atoms with Gasteiger partial charge in [-0.15, -0.1) is 5.10 Å². The van der Waals surface area contributed by atoms with E-state index in [2.05, 4.69) is 26.8 Å². The van der Waals surface area contributed by atoms with Crippen molar-refractivity contribution < 1.29 is 0 Å². The molecule has 7 heteroatoms. The molecule has 106 valence electrons. The molecule has 3 aromatic heterocycles. The zero-order chi connectivity index (χ0) is 15.0. The predicted molar refractivity (Wildman–Crippen MR) is 82.5 cm³/mol. The molecule has 0 atom stereocenters. The van der Waals surface area contributed by atoms with E-state index in [1.807, 2.05) is 36.7 Å². The molecule has 0 saturated heterocycles. The third-order valence-electron chi connectivity index (χ3n) is 3.35. The number of fused-ring (bicyclic) bond motifs is 1. The zero-order valence-electron chi connectivity index (χ0n) is 11.9. The topological polar surface area (TPSA) is 85.9 Å². The molecule has 0 aliphatic carbocycles. The highest BCUT2D eigenvalue weighted by Gasteiger charge is 2.09. The van der Waals surface area contributed by atoms with E-state index >= 15 is 0 Å². The van der Waals surface area contributed by atoms with Crippen LogP contribution in [0.25, 0.3) is 16.9 Å². The van der Waals surface area contributed by atoms with Gasteiger partial charge in [-0.05, 0) is 26.6 Å². The van der Waals surface area contributed by atoms with Gasteiger partial charge in [0.2, 0.25) is 11.7 Å². The molecule has 0 aliphatic heterocycles. The van der Waals surface area contributed by atoms with Crippen LogP contribution in [0.4, 0.5) is 0 Å². The molecule has 0 aliphatic rings. The molecule has 0 bridgehead atoms. The molecule has 3 heterocycles. The Hall–Kier alpha value is -2.96. The Bertz CT molecular complexity index is 853. The van der Waals surface area contributed by atoms with E-state index in [1.165, 1.54) is 0 Å². The maximum Gasteiger partial charge on any atom is 0.237 e. The number of hydrogen-bond donors (Lipinski definition) is 1. The molecule has 21 heavy (non-hydrogen) atoms. The van der Waals surface area contributed by atoms with Gasteiger partial charge < -0.3 is 5.73 Å². The van der Waals surface area contributed by atoms with Crippen LogP contribution < -0.4 is 5.73 Å². The maximum atomic E-state index is 5.58. The van der Waals surface area contributed by atoms with Gasteiger partial charge in [0, 0.05) is 41.1 Å². The first-order valence-corrected chi connectivity index (χ1v) is 6.39. The van der Waals surface area contributed by atoms with E-state index in [0.29, 0.717) is 5.78 Å². The lowest BCUT2D eigenvalue weighted by Gasteiger charge is -2.04. The fraction of sp³-hybridized carbons (Fsp3) is 0.143. The van der Waals surface area contributed by atoms with Crippen LogP contribution in [-0.4, -0.2) is 31.7 Å². The Balaban J connectivity index is 2.10. The molecule has 0 fully saturated rings. The average molecular weight is 281 g/mol. The average Bonchev–Trinajstić information content (AvgIpc) is 3.03. The van der Waals surface area contributed by atoms with E-state index in [-0.39, 0.29) is 5.96 Å². The molecular weight excluding hydrogens is 266 g/mol. The number of nitrogens with zero attached hydrogens (tertiary/aromatic N) is 6. The van der Waals surface area contributed by atoms with Gasteiger partial charge in [-0.2, -0.15) is 0 Å². The number of guanidine groups is 1. The van der Waals surface area contributed by atoms with Crippen molar-refractivity contribution in [3.05, 3.63) is 42.2 Å². The fourth-order valence-corrected chi connectivity index (χ4v) is 2.18. The van der Waals surface area contributed by atoms with Crippen LogP contribution in [0.2, 0.25) is 0 Å². The van der Waals surface area contributed by atoms with E-state index < -0.39 is 0 Å². The highest BCUT2D eigenvalue weighted by Crippen LogP contribution is 2.24. The third-order valence-corrected chi connectivity index (χ3v) is 3.35. The van der Waals surface area contributed by atoms with Crippen molar-refractivity contribution in [3.8, 4) is 11.1 Å². The number of aryl methyl sites for hydroxylation is 1. The van der Waals surface area contributed by atoms with E-state index in [1.54, 1.807) is 17.1 Å². The summed E-state index contributed by atoms with van der Waals surface area (Å²) in [5, 5.41) is 4.14. The molecule has 0 radical (unpaired) electrons. The monoisotopic (exact) mass is 281 g/mol. The number of imidazole rings is 1. The van der Waals surface area contributed by atoms with Crippen molar-refractivity contribution in [1.82, 2.24) is 19.0 Å². The molecule has 3 aromatic rings. The molecule has 2 N–H and O–H groups in total. The second-order valence-electron chi connectivity index (χ2n) is 4.69. The van der Waals surface area contributed by atoms with E-state index in [9.17, 15) is 0 Å². The fourth-order valence-electron chi connectivity index (χ4n) is 2.18. The summed E-state index contributed by atoms with van der Waals surface area (Å²) in [6.45, 7) is 7.30. The second kappa shape index (κ2) is 4.86. The summed E-state index contributed by atoms with van der Waals surface area (Å²) in [5.74, 6) is 0.811. The number of hydrogen-bond acceptors (Lipinski definition) is 3. The minimum absolute atomic E-state index is 0.124. The SMILES string of the molecule is C=N/C(N)=N\n1ccc(-c2cnc3ncc(C)n3c2)c1C. The molecule has 7 nitrogen and oxygen atoms in total. The molecular formula is C14H15N7. The van der Waals surface area contributed by atoms with Gasteiger partial charge in [-0.25, -0.2) is 19.6 Å². The van der Waals surface area contributed by atoms with Crippen LogP contribution in [0.5, 0.6) is 0 Å². The van der Waals surface area contributed by atoms with Gasteiger partial charge in [-0.3, -0.25) is 4.40 Å². The smallest absolute Gasteiger partial charge is 0.237 e.